The highest BCUT2D eigenvalue weighted by atomic mass is 16.1. The molecule has 0 fully saturated rings. The topological polar surface area (TPSA) is 41.1 Å². The first-order valence-electron chi connectivity index (χ1n) is 6.87. The second kappa shape index (κ2) is 6.75. The molecule has 0 aliphatic carbocycles. The van der Waals surface area contributed by atoms with Gasteiger partial charge in [-0.25, -0.2) is 0 Å². The van der Waals surface area contributed by atoms with E-state index >= 15 is 0 Å². The molecule has 1 amide bonds. The minimum atomic E-state index is -0.0527. The summed E-state index contributed by atoms with van der Waals surface area (Å²) < 4.78 is 0. The van der Waals surface area contributed by atoms with E-state index in [2.05, 4.69) is 16.7 Å². The third-order valence-corrected chi connectivity index (χ3v) is 3.07. The first kappa shape index (κ1) is 14.1. The van der Waals surface area contributed by atoms with Crippen LogP contribution in [0, 0.1) is 6.92 Å². The van der Waals surface area contributed by atoms with Gasteiger partial charge < -0.3 is 10.6 Å². The van der Waals surface area contributed by atoms with Crippen molar-refractivity contribution in [1.29, 1.82) is 0 Å². The van der Waals surface area contributed by atoms with Crippen molar-refractivity contribution in [3.05, 3.63) is 65.2 Å². The third-order valence-electron chi connectivity index (χ3n) is 3.07. The molecule has 0 saturated carbocycles. The highest BCUT2D eigenvalue weighted by Crippen LogP contribution is 2.14. The van der Waals surface area contributed by atoms with Crippen LogP contribution in [0.25, 0.3) is 0 Å². The van der Waals surface area contributed by atoms with Gasteiger partial charge in [-0.05, 0) is 31.5 Å². The van der Waals surface area contributed by atoms with Gasteiger partial charge in [-0.3, -0.25) is 4.79 Å². The zero-order valence-corrected chi connectivity index (χ0v) is 11.9. The molecule has 2 aromatic rings. The normalized spacial score (nSPS) is 10.1. The molecule has 2 rings (SSSR count). The molecule has 3 heteroatoms. The van der Waals surface area contributed by atoms with Crippen LogP contribution in [-0.4, -0.2) is 12.5 Å². The number of para-hydroxylation sites is 1. The van der Waals surface area contributed by atoms with Gasteiger partial charge >= 0.3 is 0 Å². The third kappa shape index (κ3) is 3.60. The summed E-state index contributed by atoms with van der Waals surface area (Å²) in [5.74, 6) is -0.0527. The summed E-state index contributed by atoms with van der Waals surface area (Å²) >= 11 is 0. The van der Waals surface area contributed by atoms with Crippen molar-refractivity contribution < 1.29 is 4.79 Å². The summed E-state index contributed by atoms with van der Waals surface area (Å²) in [6.07, 6.45) is 0. The first-order chi connectivity index (χ1) is 9.70. The molecule has 0 saturated heterocycles. The van der Waals surface area contributed by atoms with Gasteiger partial charge in [0.2, 0.25) is 0 Å². The molecule has 0 aliphatic rings. The van der Waals surface area contributed by atoms with Gasteiger partial charge in [0.15, 0.2) is 0 Å². The van der Waals surface area contributed by atoms with Crippen molar-refractivity contribution in [2.75, 3.05) is 11.9 Å². The average Bonchev–Trinajstić information content (AvgIpc) is 2.46. The fraction of sp³-hybridized carbons (Fsp3) is 0.235. The van der Waals surface area contributed by atoms with Crippen LogP contribution in [0.4, 0.5) is 5.69 Å². The minimum Gasteiger partial charge on any atom is -0.385 e. The second-order valence-electron chi connectivity index (χ2n) is 4.75. The number of hydrogen-bond acceptors (Lipinski definition) is 2. The molecule has 0 aliphatic heterocycles. The van der Waals surface area contributed by atoms with Gasteiger partial charge in [-0.15, -0.1) is 0 Å². The van der Waals surface area contributed by atoms with Crippen LogP contribution < -0.4 is 10.6 Å². The summed E-state index contributed by atoms with van der Waals surface area (Å²) in [7, 11) is 0. The number of nitrogens with one attached hydrogen (secondary N) is 2. The van der Waals surface area contributed by atoms with Crippen LogP contribution in [0.1, 0.15) is 28.4 Å². The molecular formula is C17H20N2O. The van der Waals surface area contributed by atoms with Crippen molar-refractivity contribution in [1.82, 2.24) is 5.32 Å². The van der Waals surface area contributed by atoms with E-state index < -0.39 is 0 Å². The Morgan fingerprint density at radius 3 is 2.65 bits per heavy atom. The van der Waals surface area contributed by atoms with Crippen LogP contribution in [0.2, 0.25) is 0 Å². The predicted octanol–water partition coefficient (Wildman–Crippen LogP) is 3.36. The summed E-state index contributed by atoms with van der Waals surface area (Å²) in [6.45, 7) is 5.40. The van der Waals surface area contributed by atoms with Crippen LogP contribution in [0.15, 0.2) is 48.5 Å². The molecule has 0 heterocycles. The smallest absolute Gasteiger partial charge is 0.253 e. The lowest BCUT2D eigenvalue weighted by atomic mass is 10.1. The maximum atomic E-state index is 12.2. The number of rotatable bonds is 5. The molecule has 0 aromatic heterocycles. The molecule has 2 N–H and O–H groups in total. The number of aryl methyl sites for hydroxylation is 1. The van der Waals surface area contributed by atoms with Crippen molar-refractivity contribution in [2.45, 2.75) is 20.4 Å². The van der Waals surface area contributed by atoms with Crippen LogP contribution in [0.3, 0.4) is 0 Å². The lowest BCUT2D eigenvalue weighted by Gasteiger charge is -2.11. The average molecular weight is 268 g/mol. The Labute approximate surface area is 120 Å². The van der Waals surface area contributed by atoms with E-state index in [0.717, 1.165) is 17.8 Å². The number of carbonyl (C=O) groups excluding carboxylic acids is 1. The zero-order valence-electron chi connectivity index (χ0n) is 11.9. The van der Waals surface area contributed by atoms with E-state index in [1.807, 2.05) is 56.3 Å². The van der Waals surface area contributed by atoms with Gasteiger partial charge in [0.05, 0.1) is 5.56 Å². The van der Waals surface area contributed by atoms with E-state index in [-0.39, 0.29) is 5.91 Å². The number of carbonyl (C=O) groups is 1. The van der Waals surface area contributed by atoms with Crippen LogP contribution in [0.5, 0.6) is 0 Å². The van der Waals surface area contributed by atoms with Gasteiger partial charge in [-0.1, -0.05) is 42.0 Å². The van der Waals surface area contributed by atoms with Gasteiger partial charge in [0, 0.05) is 18.8 Å². The number of benzene rings is 2. The molecule has 2 aromatic carbocycles. The molecule has 0 bridgehead atoms. The van der Waals surface area contributed by atoms with Gasteiger partial charge in [-0.2, -0.15) is 0 Å². The van der Waals surface area contributed by atoms with E-state index in [9.17, 15) is 4.79 Å². The van der Waals surface area contributed by atoms with Crippen molar-refractivity contribution in [2.24, 2.45) is 0 Å². The molecule has 20 heavy (non-hydrogen) atoms. The Morgan fingerprint density at radius 1 is 1.10 bits per heavy atom. The number of hydrogen-bond donors (Lipinski definition) is 2. The number of amides is 1. The quantitative estimate of drug-likeness (QED) is 0.873. The summed E-state index contributed by atoms with van der Waals surface area (Å²) in [6, 6.07) is 15.7. The maximum absolute atomic E-state index is 12.2. The summed E-state index contributed by atoms with van der Waals surface area (Å²) in [5, 5.41) is 6.17. The van der Waals surface area contributed by atoms with E-state index in [1.165, 1.54) is 5.56 Å². The minimum absolute atomic E-state index is 0.0527. The molecular weight excluding hydrogens is 248 g/mol. The summed E-state index contributed by atoms with van der Waals surface area (Å²) in [4.78, 5) is 12.2. The zero-order chi connectivity index (χ0) is 14.4. The SMILES string of the molecule is CCNc1ccccc1C(=O)NCc1cccc(C)c1. The van der Waals surface area contributed by atoms with Crippen LogP contribution >= 0.6 is 0 Å². The fourth-order valence-electron chi connectivity index (χ4n) is 2.13. The molecule has 0 spiro atoms. The molecule has 104 valence electrons. The Morgan fingerprint density at radius 2 is 1.90 bits per heavy atom. The number of anilines is 1. The van der Waals surface area contributed by atoms with E-state index in [0.29, 0.717) is 12.1 Å². The van der Waals surface area contributed by atoms with Crippen molar-refractivity contribution >= 4 is 11.6 Å². The summed E-state index contributed by atoms with van der Waals surface area (Å²) in [5.41, 5.74) is 3.86. The fourth-order valence-corrected chi connectivity index (χ4v) is 2.13. The Balaban J connectivity index is 2.05. The predicted molar refractivity (Wildman–Crippen MR) is 83.0 cm³/mol. The Hall–Kier alpha value is -2.29. The Bertz CT molecular complexity index is 593. The maximum Gasteiger partial charge on any atom is 0.253 e. The largest absolute Gasteiger partial charge is 0.385 e. The highest BCUT2D eigenvalue weighted by molar-refractivity contribution is 5.99. The molecule has 0 radical (unpaired) electrons. The van der Waals surface area contributed by atoms with Crippen molar-refractivity contribution in [3.63, 3.8) is 0 Å². The molecule has 3 nitrogen and oxygen atoms in total. The van der Waals surface area contributed by atoms with Gasteiger partial charge in [0.25, 0.3) is 5.91 Å². The standard InChI is InChI=1S/C17H20N2O/c1-3-18-16-10-5-4-9-15(16)17(20)19-12-14-8-6-7-13(2)11-14/h4-11,18H,3,12H2,1-2H3,(H,19,20). The Kier molecular flexibility index (Phi) is 4.77. The molecule has 0 atom stereocenters. The molecule has 0 unspecified atom stereocenters. The van der Waals surface area contributed by atoms with Crippen molar-refractivity contribution in [3.8, 4) is 0 Å². The lowest BCUT2D eigenvalue weighted by Crippen LogP contribution is -2.24. The van der Waals surface area contributed by atoms with E-state index in [4.69, 9.17) is 0 Å². The van der Waals surface area contributed by atoms with Crippen LogP contribution in [-0.2, 0) is 6.54 Å². The highest BCUT2D eigenvalue weighted by Gasteiger charge is 2.09. The van der Waals surface area contributed by atoms with Gasteiger partial charge in [0.1, 0.15) is 0 Å². The second-order valence-corrected chi connectivity index (χ2v) is 4.75. The first-order valence-corrected chi connectivity index (χ1v) is 6.87. The monoisotopic (exact) mass is 268 g/mol. The van der Waals surface area contributed by atoms with E-state index in [1.54, 1.807) is 0 Å². The lowest BCUT2D eigenvalue weighted by molar-refractivity contribution is 0.0951.